The molecule has 7 nitrogen and oxygen atoms in total. The van der Waals surface area contributed by atoms with Gasteiger partial charge >= 0.3 is 12.1 Å². The van der Waals surface area contributed by atoms with Crippen molar-refractivity contribution < 1.29 is 23.9 Å². The molecule has 0 saturated carbocycles. The quantitative estimate of drug-likeness (QED) is 0.380. The number of ether oxygens (including phenoxy) is 2. The third kappa shape index (κ3) is 8.76. The Labute approximate surface area is 224 Å². The maximum atomic E-state index is 13.4. The second-order valence-corrected chi connectivity index (χ2v) is 10.2. The third-order valence-electron chi connectivity index (χ3n) is 6.17. The minimum absolute atomic E-state index is 0.0000546. The molecule has 0 heterocycles. The molecule has 2 N–H and O–H groups in total. The lowest BCUT2D eigenvalue weighted by atomic mass is 9.86. The number of methoxy groups -OCH3 is 1. The summed E-state index contributed by atoms with van der Waals surface area (Å²) in [4.78, 5) is 38.6. The molecule has 38 heavy (non-hydrogen) atoms. The summed E-state index contributed by atoms with van der Waals surface area (Å²) in [6.07, 6.45) is -0.252. The predicted molar refractivity (Wildman–Crippen MR) is 146 cm³/mol. The molecule has 0 spiro atoms. The Morgan fingerprint density at radius 1 is 0.711 bits per heavy atom. The lowest BCUT2D eigenvalue weighted by molar-refractivity contribution is -0.145. The van der Waals surface area contributed by atoms with E-state index in [0.717, 1.165) is 16.7 Å². The van der Waals surface area contributed by atoms with Gasteiger partial charge in [0.25, 0.3) is 0 Å². The van der Waals surface area contributed by atoms with Crippen molar-refractivity contribution in [3.05, 3.63) is 107 Å². The normalized spacial score (nSPS) is 12.6. The van der Waals surface area contributed by atoms with E-state index >= 15 is 0 Å². The smallest absolute Gasteiger partial charge is 0.408 e. The van der Waals surface area contributed by atoms with Gasteiger partial charge in [0.1, 0.15) is 18.7 Å². The largest absolute Gasteiger partial charge is 0.467 e. The van der Waals surface area contributed by atoms with Crippen LogP contribution in [0.5, 0.6) is 0 Å². The Morgan fingerprint density at radius 2 is 1.24 bits per heavy atom. The lowest BCUT2D eigenvalue weighted by Crippen LogP contribution is -2.53. The number of carbonyl (C=O) groups excluding carboxylic acids is 3. The molecule has 7 heteroatoms. The standard InChI is InChI=1S/C31H36N2O5/c1-31(2,3)25-17-15-23(16-18-25)20-27(29(35)37-4)32-28(34)26(19-22-11-7-5-8-12-22)33-30(36)38-21-24-13-9-6-10-14-24/h5-18,26-27H,19-21H2,1-4H3,(H,32,34)(H,33,36)/t26-,27-/m0/s1. The molecule has 0 aromatic heterocycles. The molecule has 200 valence electrons. The second-order valence-electron chi connectivity index (χ2n) is 10.2. The van der Waals surface area contributed by atoms with Crippen LogP contribution in [0.25, 0.3) is 0 Å². The highest BCUT2D eigenvalue weighted by Gasteiger charge is 2.28. The first-order valence-electron chi connectivity index (χ1n) is 12.6. The van der Waals surface area contributed by atoms with Crippen LogP contribution < -0.4 is 10.6 Å². The van der Waals surface area contributed by atoms with Crippen molar-refractivity contribution in [3.8, 4) is 0 Å². The molecular formula is C31H36N2O5. The fourth-order valence-electron chi connectivity index (χ4n) is 3.95. The zero-order valence-electron chi connectivity index (χ0n) is 22.4. The van der Waals surface area contributed by atoms with Crippen LogP contribution in [0.4, 0.5) is 4.79 Å². The van der Waals surface area contributed by atoms with E-state index in [1.807, 2.05) is 84.9 Å². The maximum Gasteiger partial charge on any atom is 0.408 e. The number of carbonyl (C=O) groups is 3. The highest BCUT2D eigenvalue weighted by atomic mass is 16.5. The molecule has 3 aromatic rings. The molecule has 0 fully saturated rings. The molecule has 3 rings (SSSR count). The van der Waals surface area contributed by atoms with Crippen molar-refractivity contribution in [2.24, 2.45) is 0 Å². The van der Waals surface area contributed by atoms with Gasteiger partial charge in [-0.2, -0.15) is 0 Å². The number of hydrogen-bond donors (Lipinski definition) is 2. The number of rotatable bonds is 10. The zero-order chi connectivity index (χ0) is 27.5. The van der Waals surface area contributed by atoms with E-state index in [2.05, 4.69) is 31.4 Å². The summed E-state index contributed by atoms with van der Waals surface area (Å²) in [5.74, 6) is -1.07. The Kier molecular flexibility index (Phi) is 10.0. The molecule has 0 saturated heterocycles. The van der Waals surface area contributed by atoms with Gasteiger partial charge in [0.15, 0.2) is 0 Å². The molecular weight excluding hydrogens is 480 g/mol. The molecule has 0 aliphatic heterocycles. The summed E-state index contributed by atoms with van der Waals surface area (Å²) in [6, 6.07) is 24.6. The summed E-state index contributed by atoms with van der Waals surface area (Å²) in [6.45, 7) is 6.46. The van der Waals surface area contributed by atoms with Crippen LogP contribution in [0, 0.1) is 0 Å². The maximum absolute atomic E-state index is 13.4. The van der Waals surface area contributed by atoms with Crippen LogP contribution in [0.3, 0.4) is 0 Å². The van der Waals surface area contributed by atoms with Crippen LogP contribution in [-0.2, 0) is 43.9 Å². The van der Waals surface area contributed by atoms with Crippen LogP contribution in [-0.4, -0.2) is 37.2 Å². The molecule has 0 bridgehead atoms. The second kappa shape index (κ2) is 13.4. The van der Waals surface area contributed by atoms with E-state index in [1.54, 1.807) is 0 Å². The Bertz CT molecular complexity index is 1190. The van der Waals surface area contributed by atoms with Gasteiger partial charge in [-0.05, 0) is 27.7 Å². The average molecular weight is 517 g/mol. The molecule has 2 atom stereocenters. The summed E-state index contributed by atoms with van der Waals surface area (Å²) in [5.41, 5.74) is 3.72. The van der Waals surface area contributed by atoms with E-state index in [4.69, 9.17) is 9.47 Å². The van der Waals surface area contributed by atoms with Gasteiger partial charge in [-0.3, -0.25) is 4.79 Å². The van der Waals surface area contributed by atoms with Gasteiger partial charge in [0.05, 0.1) is 7.11 Å². The van der Waals surface area contributed by atoms with E-state index in [1.165, 1.54) is 12.7 Å². The minimum Gasteiger partial charge on any atom is -0.467 e. The Balaban J connectivity index is 1.72. The highest BCUT2D eigenvalue weighted by Crippen LogP contribution is 2.22. The summed E-state index contributed by atoms with van der Waals surface area (Å²) >= 11 is 0. The average Bonchev–Trinajstić information content (AvgIpc) is 2.91. The molecule has 2 amide bonds. The highest BCUT2D eigenvalue weighted by molar-refractivity contribution is 5.90. The molecule has 0 unspecified atom stereocenters. The van der Waals surface area contributed by atoms with E-state index < -0.39 is 30.1 Å². The van der Waals surface area contributed by atoms with Crippen LogP contribution >= 0.6 is 0 Å². The van der Waals surface area contributed by atoms with Gasteiger partial charge in [-0.25, -0.2) is 9.59 Å². The first kappa shape index (κ1) is 28.4. The van der Waals surface area contributed by atoms with Crippen LogP contribution in [0.2, 0.25) is 0 Å². The van der Waals surface area contributed by atoms with Gasteiger partial charge < -0.3 is 20.1 Å². The molecule has 0 aliphatic carbocycles. The topological polar surface area (TPSA) is 93.7 Å². The van der Waals surface area contributed by atoms with Crippen molar-refractivity contribution >= 4 is 18.0 Å². The number of amides is 2. The van der Waals surface area contributed by atoms with Crippen LogP contribution in [0.15, 0.2) is 84.9 Å². The van der Waals surface area contributed by atoms with Crippen molar-refractivity contribution in [2.45, 2.75) is 57.7 Å². The number of nitrogens with one attached hydrogen (secondary N) is 2. The van der Waals surface area contributed by atoms with E-state index in [0.29, 0.717) is 0 Å². The number of benzene rings is 3. The molecule has 3 aromatic carbocycles. The van der Waals surface area contributed by atoms with Crippen molar-refractivity contribution in [1.29, 1.82) is 0 Å². The minimum atomic E-state index is -0.962. The Hall–Kier alpha value is -4.13. The lowest BCUT2D eigenvalue weighted by Gasteiger charge is -2.23. The van der Waals surface area contributed by atoms with Gasteiger partial charge in [0.2, 0.25) is 5.91 Å². The first-order chi connectivity index (χ1) is 18.2. The van der Waals surface area contributed by atoms with Crippen molar-refractivity contribution in [3.63, 3.8) is 0 Å². The molecule has 0 radical (unpaired) electrons. The van der Waals surface area contributed by atoms with Gasteiger partial charge in [-0.1, -0.05) is 106 Å². The van der Waals surface area contributed by atoms with Crippen LogP contribution in [0.1, 0.15) is 43.0 Å². The monoisotopic (exact) mass is 516 g/mol. The van der Waals surface area contributed by atoms with E-state index in [9.17, 15) is 14.4 Å². The van der Waals surface area contributed by atoms with Gasteiger partial charge in [0, 0.05) is 12.8 Å². The first-order valence-corrected chi connectivity index (χ1v) is 12.6. The predicted octanol–water partition coefficient (Wildman–Crippen LogP) is 4.72. The number of hydrogen-bond acceptors (Lipinski definition) is 5. The van der Waals surface area contributed by atoms with Gasteiger partial charge in [-0.15, -0.1) is 0 Å². The van der Waals surface area contributed by atoms with Crippen molar-refractivity contribution in [2.75, 3.05) is 7.11 Å². The van der Waals surface area contributed by atoms with Crippen molar-refractivity contribution in [1.82, 2.24) is 10.6 Å². The summed E-state index contributed by atoms with van der Waals surface area (Å²) in [5, 5.41) is 5.44. The fraction of sp³-hybridized carbons (Fsp3) is 0.323. The zero-order valence-corrected chi connectivity index (χ0v) is 22.4. The number of esters is 1. The summed E-state index contributed by atoms with van der Waals surface area (Å²) < 4.78 is 10.3. The third-order valence-corrected chi connectivity index (χ3v) is 6.17. The fourth-order valence-corrected chi connectivity index (χ4v) is 3.95. The SMILES string of the molecule is COC(=O)[C@H](Cc1ccc(C(C)(C)C)cc1)NC(=O)[C@H](Cc1ccccc1)NC(=O)OCc1ccccc1. The Morgan fingerprint density at radius 3 is 1.79 bits per heavy atom. The summed E-state index contributed by atoms with van der Waals surface area (Å²) in [7, 11) is 1.28. The van der Waals surface area contributed by atoms with E-state index in [-0.39, 0.29) is 24.9 Å². The number of alkyl carbamates (subject to hydrolysis) is 1. The molecule has 0 aliphatic rings.